The number of thiazole rings is 1. The zero-order chi connectivity index (χ0) is 9.26. The molecule has 0 saturated heterocycles. The third kappa shape index (κ3) is 1.61. The number of amides is 1. The van der Waals surface area contributed by atoms with Gasteiger partial charge in [0.15, 0.2) is 3.95 Å². The van der Waals surface area contributed by atoms with Crippen molar-refractivity contribution in [1.29, 1.82) is 0 Å². The summed E-state index contributed by atoms with van der Waals surface area (Å²) in [5, 5.41) is 2.58. The smallest absolute Gasteiger partial charge is 0.211 e. The first kappa shape index (κ1) is 8.40. The van der Waals surface area contributed by atoms with Crippen LogP contribution in [0, 0.1) is 3.95 Å². The second-order valence-electron chi connectivity index (χ2n) is 2.49. The molecule has 1 heterocycles. The quantitative estimate of drug-likeness (QED) is 0.591. The molecule has 0 bridgehead atoms. The topological polar surface area (TPSA) is 44.9 Å². The highest BCUT2D eigenvalue weighted by Crippen LogP contribution is 2.22. The number of rotatable bonds is 2. The van der Waals surface area contributed by atoms with Crippen molar-refractivity contribution in [2.75, 3.05) is 5.32 Å². The van der Waals surface area contributed by atoms with Gasteiger partial charge in [0.1, 0.15) is 0 Å². The Balaban J connectivity index is 2.60. The van der Waals surface area contributed by atoms with Crippen LogP contribution in [0.15, 0.2) is 18.2 Å². The fourth-order valence-electron chi connectivity index (χ4n) is 1.11. The average Bonchev–Trinajstić information content (AvgIpc) is 2.44. The summed E-state index contributed by atoms with van der Waals surface area (Å²) >= 11 is 6.52. The number of carbonyl (C=O) groups is 1. The molecule has 2 N–H and O–H groups in total. The van der Waals surface area contributed by atoms with Crippen LogP contribution < -0.4 is 5.32 Å². The number of aromatic amines is 1. The van der Waals surface area contributed by atoms with Crippen LogP contribution in [0.1, 0.15) is 0 Å². The van der Waals surface area contributed by atoms with Crippen LogP contribution in [0.25, 0.3) is 10.2 Å². The lowest BCUT2D eigenvalue weighted by atomic mass is 10.3. The molecule has 2 aromatic rings. The first-order valence-electron chi connectivity index (χ1n) is 3.62. The fourth-order valence-corrected chi connectivity index (χ4v) is 2.21. The van der Waals surface area contributed by atoms with Crippen molar-refractivity contribution in [3.05, 3.63) is 22.2 Å². The van der Waals surface area contributed by atoms with Crippen molar-refractivity contribution in [3.63, 3.8) is 0 Å². The summed E-state index contributed by atoms with van der Waals surface area (Å²) in [6.07, 6.45) is 0.655. The fraction of sp³-hybridized carbons (Fsp3) is 0. The van der Waals surface area contributed by atoms with Crippen molar-refractivity contribution in [1.82, 2.24) is 4.98 Å². The molecule has 0 spiro atoms. The first-order valence-corrected chi connectivity index (χ1v) is 4.85. The molecule has 0 aliphatic heterocycles. The van der Waals surface area contributed by atoms with Gasteiger partial charge in [0.05, 0.1) is 10.2 Å². The van der Waals surface area contributed by atoms with Crippen LogP contribution in [-0.2, 0) is 4.79 Å². The van der Waals surface area contributed by atoms with E-state index >= 15 is 0 Å². The van der Waals surface area contributed by atoms with Crippen LogP contribution in [-0.4, -0.2) is 11.4 Å². The highest BCUT2D eigenvalue weighted by molar-refractivity contribution is 7.73. The minimum Gasteiger partial charge on any atom is -0.337 e. The van der Waals surface area contributed by atoms with Crippen LogP contribution in [0.4, 0.5) is 5.69 Å². The number of hydrogen-bond acceptors (Lipinski definition) is 3. The molecule has 3 nitrogen and oxygen atoms in total. The Morgan fingerprint density at radius 1 is 1.54 bits per heavy atom. The molecular formula is C8H6N2OS2. The summed E-state index contributed by atoms with van der Waals surface area (Å²) in [6.45, 7) is 0. The number of nitrogens with one attached hydrogen (secondary N) is 2. The van der Waals surface area contributed by atoms with Gasteiger partial charge in [0.25, 0.3) is 0 Å². The molecule has 1 aromatic carbocycles. The van der Waals surface area contributed by atoms with Crippen molar-refractivity contribution in [2.45, 2.75) is 0 Å². The number of anilines is 1. The lowest BCUT2D eigenvalue weighted by Crippen LogP contribution is -1.92. The lowest BCUT2D eigenvalue weighted by molar-refractivity contribution is -0.105. The van der Waals surface area contributed by atoms with Gasteiger partial charge in [-0.2, -0.15) is 0 Å². The molecular weight excluding hydrogens is 204 g/mol. The van der Waals surface area contributed by atoms with Crippen molar-refractivity contribution >= 4 is 45.9 Å². The van der Waals surface area contributed by atoms with E-state index in [0.717, 1.165) is 19.9 Å². The SMILES string of the molecule is O=CNc1ccc2sc(=S)[nH]c2c1. The summed E-state index contributed by atoms with van der Waals surface area (Å²) in [7, 11) is 0. The molecule has 0 saturated carbocycles. The van der Waals surface area contributed by atoms with E-state index in [0.29, 0.717) is 6.41 Å². The Hall–Kier alpha value is -1.20. The van der Waals surface area contributed by atoms with Crippen LogP contribution in [0.3, 0.4) is 0 Å². The summed E-state index contributed by atoms with van der Waals surface area (Å²) in [6, 6.07) is 5.63. The molecule has 13 heavy (non-hydrogen) atoms. The van der Waals surface area contributed by atoms with Gasteiger partial charge in [-0.25, -0.2) is 0 Å². The van der Waals surface area contributed by atoms with Gasteiger partial charge in [0, 0.05) is 5.69 Å². The third-order valence-corrected chi connectivity index (χ3v) is 2.86. The number of carbonyl (C=O) groups excluding carboxylic acids is 1. The summed E-state index contributed by atoms with van der Waals surface area (Å²) in [4.78, 5) is 13.2. The maximum Gasteiger partial charge on any atom is 0.211 e. The van der Waals surface area contributed by atoms with Crippen molar-refractivity contribution in [2.24, 2.45) is 0 Å². The molecule has 2 rings (SSSR count). The third-order valence-electron chi connectivity index (χ3n) is 1.64. The van der Waals surface area contributed by atoms with Gasteiger partial charge in [-0.05, 0) is 30.4 Å². The lowest BCUT2D eigenvalue weighted by Gasteiger charge is -1.96. The van der Waals surface area contributed by atoms with E-state index in [2.05, 4.69) is 10.3 Å². The molecule has 0 radical (unpaired) electrons. The molecule has 1 amide bonds. The highest BCUT2D eigenvalue weighted by Gasteiger charge is 1.97. The van der Waals surface area contributed by atoms with Crippen LogP contribution in [0.2, 0.25) is 0 Å². The second-order valence-corrected chi connectivity index (χ2v) is 4.21. The maximum atomic E-state index is 10.2. The maximum absolute atomic E-state index is 10.2. The Morgan fingerprint density at radius 2 is 2.38 bits per heavy atom. The van der Waals surface area contributed by atoms with Crippen molar-refractivity contribution in [3.8, 4) is 0 Å². The van der Waals surface area contributed by atoms with Gasteiger partial charge >= 0.3 is 0 Å². The van der Waals surface area contributed by atoms with Gasteiger partial charge in [0.2, 0.25) is 6.41 Å². The zero-order valence-corrected chi connectivity index (χ0v) is 8.17. The van der Waals surface area contributed by atoms with Crippen molar-refractivity contribution < 1.29 is 4.79 Å². The highest BCUT2D eigenvalue weighted by atomic mass is 32.1. The van der Waals surface area contributed by atoms with E-state index in [-0.39, 0.29) is 0 Å². The normalized spacial score (nSPS) is 10.2. The molecule has 0 unspecified atom stereocenters. The Bertz CT molecular complexity index is 500. The van der Waals surface area contributed by atoms with E-state index < -0.39 is 0 Å². The van der Waals surface area contributed by atoms with Crippen LogP contribution in [0.5, 0.6) is 0 Å². The van der Waals surface area contributed by atoms with E-state index in [4.69, 9.17) is 12.2 Å². The van der Waals surface area contributed by atoms with E-state index in [9.17, 15) is 4.79 Å². The minimum absolute atomic E-state index is 0.655. The average molecular weight is 210 g/mol. The number of benzene rings is 1. The Kier molecular flexibility index (Phi) is 2.12. The first-order chi connectivity index (χ1) is 6.29. The van der Waals surface area contributed by atoms with Gasteiger partial charge in [-0.3, -0.25) is 4.79 Å². The van der Waals surface area contributed by atoms with Gasteiger partial charge in [-0.15, -0.1) is 11.3 Å². The monoisotopic (exact) mass is 210 g/mol. The zero-order valence-electron chi connectivity index (χ0n) is 6.53. The van der Waals surface area contributed by atoms with E-state index in [1.165, 1.54) is 11.3 Å². The Morgan fingerprint density at radius 3 is 3.15 bits per heavy atom. The predicted molar refractivity (Wildman–Crippen MR) is 56.7 cm³/mol. The molecule has 66 valence electrons. The standard InChI is InChI=1S/C8H6N2OS2/c11-4-9-5-1-2-7-6(3-5)10-8(12)13-7/h1-4H,(H,9,11)(H,10,12). The van der Waals surface area contributed by atoms with Gasteiger partial charge in [-0.1, -0.05) is 0 Å². The Labute approximate surface area is 83.4 Å². The molecule has 1 aromatic heterocycles. The number of H-pyrrole nitrogens is 1. The van der Waals surface area contributed by atoms with Gasteiger partial charge < -0.3 is 10.3 Å². The molecule has 0 atom stereocenters. The summed E-state index contributed by atoms with van der Waals surface area (Å²) < 4.78 is 1.85. The molecule has 0 fully saturated rings. The molecule has 5 heteroatoms. The number of hydrogen-bond donors (Lipinski definition) is 2. The largest absolute Gasteiger partial charge is 0.337 e. The van der Waals surface area contributed by atoms with Crippen LogP contribution >= 0.6 is 23.6 Å². The van der Waals surface area contributed by atoms with E-state index in [1.807, 2.05) is 18.2 Å². The molecule has 0 aliphatic rings. The summed E-state index contributed by atoms with van der Waals surface area (Å²) in [5.41, 5.74) is 1.73. The predicted octanol–water partition coefficient (Wildman–Crippen LogP) is 2.53. The number of fused-ring (bicyclic) bond motifs is 1. The minimum atomic E-state index is 0.655. The second kappa shape index (κ2) is 3.27. The number of aromatic nitrogens is 1. The summed E-state index contributed by atoms with van der Waals surface area (Å²) in [5.74, 6) is 0. The van der Waals surface area contributed by atoms with E-state index in [1.54, 1.807) is 0 Å². The molecule has 0 aliphatic carbocycles.